The Kier molecular flexibility index (Phi) is 3.16. The van der Waals surface area contributed by atoms with E-state index in [0.717, 1.165) is 6.54 Å². The molecule has 0 aromatic rings. The van der Waals surface area contributed by atoms with Gasteiger partial charge in [0, 0.05) is 26.7 Å². The molecule has 1 aliphatic heterocycles. The van der Waals surface area contributed by atoms with Gasteiger partial charge in [-0.3, -0.25) is 0 Å². The maximum Gasteiger partial charge on any atom is 0.0133 e. The molecule has 0 aromatic carbocycles. The van der Waals surface area contributed by atoms with E-state index in [-0.39, 0.29) is 0 Å². The van der Waals surface area contributed by atoms with E-state index in [1.807, 2.05) is 0 Å². The Morgan fingerprint density at radius 2 is 1.90 bits per heavy atom. The highest BCUT2D eigenvalue weighted by atomic mass is 15.6. The molecule has 1 heterocycles. The van der Waals surface area contributed by atoms with Crippen molar-refractivity contribution in [1.29, 1.82) is 0 Å². The monoisotopic (exact) mass is 141 g/mol. The summed E-state index contributed by atoms with van der Waals surface area (Å²) in [5.41, 5.74) is 0. The van der Waals surface area contributed by atoms with Gasteiger partial charge in [0.05, 0.1) is 0 Å². The standard InChI is InChI=1S/C8H17N2/c1-3-9(2)10-7-5-4-6-8-10/h1,3-8H2,2H3. The van der Waals surface area contributed by atoms with Crippen LogP contribution >= 0.6 is 0 Å². The Hall–Kier alpha value is -0.0800. The molecule has 0 aliphatic carbocycles. The van der Waals surface area contributed by atoms with Crippen LogP contribution in [0.3, 0.4) is 0 Å². The molecule has 0 atom stereocenters. The first kappa shape index (κ1) is 8.02. The first-order valence-electron chi connectivity index (χ1n) is 4.10. The predicted molar refractivity (Wildman–Crippen MR) is 43.4 cm³/mol. The van der Waals surface area contributed by atoms with Crippen LogP contribution in [0.15, 0.2) is 0 Å². The van der Waals surface area contributed by atoms with Gasteiger partial charge in [-0.2, -0.15) is 0 Å². The Morgan fingerprint density at radius 3 is 2.40 bits per heavy atom. The SMILES string of the molecule is [CH2]CN(C)N1CCCCC1. The van der Waals surface area contributed by atoms with E-state index in [0.29, 0.717) is 0 Å². The smallest absolute Gasteiger partial charge is 0.0133 e. The first-order valence-corrected chi connectivity index (χ1v) is 4.10. The molecule has 1 rings (SSSR count). The third-order valence-corrected chi connectivity index (χ3v) is 2.14. The number of nitrogens with zero attached hydrogens (tertiary/aromatic N) is 2. The van der Waals surface area contributed by atoms with E-state index >= 15 is 0 Å². The molecule has 0 amide bonds. The summed E-state index contributed by atoms with van der Waals surface area (Å²) in [5.74, 6) is 0. The van der Waals surface area contributed by atoms with E-state index in [2.05, 4.69) is 24.0 Å². The molecule has 1 radical (unpaired) electrons. The summed E-state index contributed by atoms with van der Waals surface area (Å²) >= 11 is 0. The fraction of sp³-hybridized carbons (Fsp3) is 0.875. The zero-order valence-corrected chi connectivity index (χ0v) is 6.84. The summed E-state index contributed by atoms with van der Waals surface area (Å²) < 4.78 is 0. The van der Waals surface area contributed by atoms with Crippen molar-refractivity contribution in [2.75, 3.05) is 26.7 Å². The molecule has 1 fully saturated rings. The second-order valence-electron chi connectivity index (χ2n) is 2.90. The lowest BCUT2D eigenvalue weighted by atomic mass is 10.2. The van der Waals surface area contributed by atoms with Gasteiger partial charge in [-0.25, -0.2) is 10.0 Å². The lowest BCUT2D eigenvalue weighted by molar-refractivity contribution is -0.00676. The third-order valence-electron chi connectivity index (χ3n) is 2.14. The highest BCUT2D eigenvalue weighted by Gasteiger charge is 2.12. The van der Waals surface area contributed by atoms with Gasteiger partial charge in [-0.15, -0.1) is 0 Å². The Morgan fingerprint density at radius 1 is 1.30 bits per heavy atom. The van der Waals surface area contributed by atoms with Crippen molar-refractivity contribution in [3.8, 4) is 0 Å². The van der Waals surface area contributed by atoms with Crippen molar-refractivity contribution >= 4 is 0 Å². The maximum absolute atomic E-state index is 3.85. The van der Waals surface area contributed by atoms with Crippen LogP contribution in [-0.2, 0) is 0 Å². The fourth-order valence-electron chi connectivity index (χ4n) is 1.36. The summed E-state index contributed by atoms with van der Waals surface area (Å²) in [7, 11) is 2.11. The molecule has 0 unspecified atom stereocenters. The summed E-state index contributed by atoms with van der Waals surface area (Å²) in [6, 6.07) is 0. The van der Waals surface area contributed by atoms with E-state index in [1.165, 1.54) is 32.4 Å². The summed E-state index contributed by atoms with van der Waals surface area (Å²) in [5, 5.41) is 4.59. The van der Waals surface area contributed by atoms with Crippen molar-refractivity contribution in [1.82, 2.24) is 10.0 Å². The van der Waals surface area contributed by atoms with E-state index in [9.17, 15) is 0 Å². The van der Waals surface area contributed by atoms with Crippen LogP contribution in [0.5, 0.6) is 0 Å². The minimum Gasteiger partial charge on any atom is -0.245 e. The Bertz CT molecular complexity index is 87.3. The number of hydrogen-bond acceptors (Lipinski definition) is 2. The third kappa shape index (κ3) is 1.96. The van der Waals surface area contributed by atoms with Gasteiger partial charge in [0.1, 0.15) is 0 Å². The summed E-state index contributed by atoms with van der Waals surface area (Å²) in [6.45, 7) is 7.19. The lowest BCUT2D eigenvalue weighted by Gasteiger charge is -2.33. The molecular formula is C8H17N2. The number of piperidine rings is 1. The Balaban J connectivity index is 2.24. The highest BCUT2D eigenvalue weighted by Crippen LogP contribution is 2.09. The average molecular weight is 141 g/mol. The molecule has 0 bridgehead atoms. The van der Waals surface area contributed by atoms with Crippen LogP contribution in [0.2, 0.25) is 0 Å². The van der Waals surface area contributed by atoms with Crippen molar-refractivity contribution in [3.63, 3.8) is 0 Å². The number of hydrogen-bond donors (Lipinski definition) is 0. The summed E-state index contributed by atoms with van der Waals surface area (Å²) in [6.07, 6.45) is 4.11. The highest BCUT2D eigenvalue weighted by molar-refractivity contribution is 4.61. The van der Waals surface area contributed by atoms with Crippen molar-refractivity contribution < 1.29 is 0 Å². The van der Waals surface area contributed by atoms with E-state index < -0.39 is 0 Å². The van der Waals surface area contributed by atoms with Gasteiger partial charge in [0.25, 0.3) is 0 Å². The summed E-state index contributed by atoms with van der Waals surface area (Å²) in [4.78, 5) is 0. The molecule has 0 N–H and O–H groups in total. The van der Waals surface area contributed by atoms with Gasteiger partial charge in [0.2, 0.25) is 0 Å². The molecule has 1 aliphatic rings. The minimum absolute atomic E-state index is 0.889. The second kappa shape index (κ2) is 3.94. The molecule has 1 saturated heterocycles. The predicted octanol–water partition coefficient (Wildman–Crippen LogP) is 1.15. The maximum atomic E-state index is 3.85. The van der Waals surface area contributed by atoms with Crippen molar-refractivity contribution in [2.24, 2.45) is 0 Å². The van der Waals surface area contributed by atoms with Gasteiger partial charge < -0.3 is 0 Å². The molecule has 10 heavy (non-hydrogen) atoms. The lowest BCUT2D eigenvalue weighted by Crippen LogP contribution is -2.42. The van der Waals surface area contributed by atoms with Crippen LogP contribution < -0.4 is 0 Å². The second-order valence-corrected chi connectivity index (χ2v) is 2.90. The minimum atomic E-state index is 0.889. The number of hydrazine groups is 1. The molecule has 59 valence electrons. The topological polar surface area (TPSA) is 6.48 Å². The van der Waals surface area contributed by atoms with Crippen LogP contribution in [-0.4, -0.2) is 36.7 Å². The molecule has 2 heteroatoms. The van der Waals surface area contributed by atoms with Crippen LogP contribution in [0.25, 0.3) is 0 Å². The van der Waals surface area contributed by atoms with Gasteiger partial charge in [-0.1, -0.05) is 6.42 Å². The number of rotatable bonds is 2. The van der Waals surface area contributed by atoms with Gasteiger partial charge in [0.15, 0.2) is 0 Å². The van der Waals surface area contributed by atoms with E-state index in [4.69, 9.17) is 0 Å². The van der Waals surface area contributed by atoms with Crippen LogP contribution in [0.4, 0.5) is 0 Å². The van der Waals surface area contributed by atoms with Gasteiger partial charge in [-0.05, 0) is 19.8 Å². The molecular weight excluding hydrogens is 124 g/mol. The molecule has 0 spiro atoms. The average Bonchev–Trinajstić information content (AvgIpc) is 2.05. The zero-order valence-electron chi connectivity index (χ0n) is 6.84. The van der Waals surface area contributed by atoms with Crippen molar-refractivity contribution in [2.45, 2.75) is 19.3 Å². The van der Waals surface area contributed by atoms with Crippen LogP contribution in [0.1, 0.15) is 19.3 Å². The largest absolute Gasteiger partial charge is 0.245 e. The van der Waals surface area contributed by atoms with E-state index in [1.54, 1.807) is 0 Å². The van der Waals surface area contributed by atoms with Crippen molar-refractivity contribution in [3.05, 3.63) is 6.92 Å². The molecule has 0 saturated carbocycles. The Labute approximate surface area is 63.8 Å². The quantitative estimate of drug-likeness (QED) is 0.569. The molecule has 2 nitrogen and oxygen atoms in total. The fourth-order valence-corrected chi connectivity index (χ4v) is 1.36. The first-order chi connectivity index (χ1) is 4.84. The van der Waals surface area contributed by atoms with Crippen LogP contribution in [0, 0.1) is 6.92 Å². The molecule has 0 aromatic heterocycles. The normalized spacial score (nSPS) is 21.9. The van der Waals surface area contributed by atoms with Gasteiger partial charge >= 0.3 is 0 Å². The zero-order chi connectivity index (χ0) is 7.40.